The van der Waals surface area contributed by atoms with Crippen LogP contribution in [-0.2, 0) is 17.5 Å². The second-order valence-corrected chi connectivity index (χ2v) is 9.86. The molecule has 5 rings (SSSR count). The number of aromatic nitrogens is 3. The van der Waals surface area contributed by atoms with Gasteiger partial charge in [0.2, 0.25) is 0 Å². The lowest BCUT2D eigenvalue weighted by atomic mass is 10.1. The Balaban J connectivity index is 1.37. The quantitative estimate of drug-likeness (QED) is 0.264. The predicted octanol–water partition coefficient (Wildman–Crippen LogP) is 5.08. The summed E-state index contributed by atoms with van der Waals surface area (Å²) in [4.78, 5) is 19.0. The van der Waals surface area contributed by atoms with Gasteiger partial charge >= 0.3 is 12.2 Å². The Bertz CT molecular complexity index is 1490. The number of ether oxygens (including phenoxy) is 1. The number of urea groups is 1. The molecule has 0 radical (unpaired) electrons. The molecule has 1 fully saturated rings. The van der Waals surface area contributed by atoms with Gasteiger partial charge < -0.3 is 21.1 Å². The monoisotopic (exact) mass is 637 g/mol. The maximum absolute atomic E-state index is 13.0. The molecule has 0 unspecified atom stereocenters. The number of nitrogen functional groups attached to an aromatic ring is 1. The van der Waals surface area contributed by atoms with E-state index in [0.717, 1.165) is 45.6 Å². The van der Waals surface area contributed by atoms with E-state index in [0.29, 0.717) is 36.8 Å². The third-order valence-corrected chi connectivity index (χ3v) is 7.01. The molecule has 38 heavy (non-hydrogen) atoms. The van der Waals surface area contributed by atoms with E-state index in [1.807, 2.05) is 18.2 Å². The Hall–Kier alpha value is -3.43. The molecular weight excluding hydrogens is 614 g/mol. The van der Waals surface area contributed by atoms with Crippen LogP contribution in [0.5, 0.6) is 0 Å². The molecule has 0 spiro atoms. The van der Waals surface area contributed by atoms with E-state index in [-0.39, 0.29) is 5.69 Å². The molecule has 4 aromatic rings. The van der Waals surface area contributed by atoms with Crippen LogP contribution in [0.1, 0.15) is 11.3 Å². The number of amides is 2. The van der Waals surface area contributed by atoms with Crippen molar-refractivity contribution in [3.8, 4) is 11.1 Å². The van der Waals surface area contributed by atoms with Crippen molar-refractivity contribution < 1.29 is 22.7 Å². The smallest absolute Gasteiger partial charge is 0.382 e. The largest absolute Gasteiger partial charge is 0.416 e. The average molecular weight is 637 g/mol. The van der Waals surface area contributed by atoms with Crippen molar-refractivity contribution in [2.75, 3.05) is 42.7 Å². The summed E-state index contributed by atoms with van der Waals surface area (Å²) in [5.74, 6) is 0.348. The van der Waals surface area contributed by atoms with E-state index in [2.05, 4.69) is 48.2 Å². The van der Waals surface area contributed by atoms with Gasteiger partial charge in [-0.2, -0.15) is 18.3 Å². The van der Waals surface area contributed by atoms with Crippen molar-refractivity contribution in [2.45, 2.75) is 12.7 Å². The minimum atomic E-state index is -4.50. The van der Waals surface area contributed by atoms with Crippen LogP contribution in [0.15, 0.2) is 54.9 Å². The number of alkyl halides is 3. The highest BCUT2D eigenvalue weighted by molar-refractivity contribution is 14.1. The summed E-state index contributed by atoms with van der Waals surface area (Å²) in [5.41, 5.74) is 9.29. The second-order valence-electron chi connectivity index (χ2n) is 8.70. The molecule has 1 aliphatic rings. The zero-order valence-electron chi connectivity index (χ0n) is 19.9. The van der Waals surface area contributed by atoms with E-state index < -0.39 is 17.8 Å². The number of carbonyl (C=O) groups excluding carboxylic acids is 1. The molecule has 0 atom stereocenters. The third kappa shape index (κ3) is 5.68. The highest BCUT2D eigenvalue weighted by Crippen LogP contribution is 2.34. The van der Waals surface area contributed by atoms with Gasteiger partial charge in [0.1, 0.15) is 11.8 Å². The lowest BCUT2D eigenvalue weighted by Crippen LogP contribution is -2.36. The van der Waals surface area contributed by atoms with Crippen LogP contribution < -0.4 is 16.4 Å². The molecule has 13 heteroatoms. The van der Waals surface area contributed by atoms with Gasteiger partial charge in [0.25, 0.3) is 0 Å². The van der Waals surface area contributed by atoms with Gasteiger partial charge in [0.15, 0.2) is 5.82 Å². The number of nitrogens with zero attached hydrogens (tertiary/aromatic N) is 4. The number of nitrogens with one attached hydrogen (secondary N) is 2. The van der Waals surface area contributed by atoms with Crippen LogP contribution >= 0.6 is 22.6 Å². The first-order valence-corrected chi connectivity index (χ1v) is 12.7. The molecule has 1 saturated heterocycles. The van der Waals surface area contributed by atoms with Gasteiger partial charge in [-0.05, 0) is 64.6 Å². The fourth-order valence-electron chi connectivity index (χ4n) is 4.30. The highest BCUT2D eigenvalue weighted by atomic mass is 127. The van der Waals surface area contributed by atoms with Gasteiger partial charge in [-0.25, -0.2) is 14.3 Å². The lowest BCUT2D eigenvalue weighted by molar-refractivity contribution is -0.137. The Labute approximate surface area is 229 Å². The van der Waals surface area contributed by atoms with E-state index in [1.165, 1.54) is 18.5 Å². The topological polar surface area (TPSA) is 110 Å². The van der Waals surface area contributed by atoms with Crippen molar-refractivity contribution in [1.29, 1.82) is 0 Å². The zero-order chi connectivity index (χ0) is 26.9. The Morgan fingerprint density at radius 3 is 2.63 bits per heavy atom. The van der Waals surface area contributed by atoms with Crippen LogP contribution in [0.25, 0.3) is 16.6 Å². The Morgan fingerprint density at radius 2 is 1.89 bits per heavy atom. The van der Waals surface area contributed by atoms with Crippen LogP contribution in [0.2, 0.25) is 0 Å². The average Bonchev–Trinajstić information content (AvgIpc) is 3.25. The van der Waals surface area contributed by atoms with Crippen molar-refractivity contribution in [2.24, 2.45) is 0 Å². The first-order chi connectivity index (χ1) is 18.2. The fourth-order valence-corrected chi connectivity index (χ4v) is 4.95. The molecule has 3 heterocycles. The van der Waals surface area contributed by atoms with Crippen molar-refractivity contribution in [3.63, 3.8) is 0 Å². The molecule has 2 amide bonds. The van der Waals surface area contributed by atoms with Crippen LogP contribution in [-0.4, -0.2) is 51.8 Å². The maximum Gasteiger partial charge on any atom is 0.416 e. The number of rotatable bonds is 5. The molecule has 4 N–H and O–H groups in total. The number of carbonyl (C=O) groups is 1. The molecule has 1 aliphatic heterocycles. The van der Waals surface area contributed by atoms with Gasteiger partial charge in [0.05, 0.1) is 30.2 Å². The minimum Gasteiger partial charge on any atom is -0.382 e. The summed E-state index contributed by atoms with van der Waals surface area (Å²) in [6.07, 6.45) is -3.08. The van der Waals surface area contributed by atoms with Crippen LogP contribution in [0.4, 0.5) is 35.2 Å². The first kappa shape index (κ1) is 26.2. The van der Waals surface area contributed by atoms with E-state index in [1.54, 1.807) is 10.6 Å². The van der Waals surface area contributed by atoms with Gasteiger partial charge in [-0.3, -0.25) is 4.90 Å². The molecule has 198 valence electrons. The van der Waals surface area contributed by atoms with Crippen molar-refractivity contribution in [3.05, 3.63) is 69.7 Å². The van der Waals surface area contributed by atoms with E-state index >= 15 is 0 Å². The molecule has 2 aromatic heterocycles. The predicted molar refractivity (Wildman–Crippen MR) is 146 cm³/mol. The number of anilines is 3. The van der Waals surface area contributed by atoms with Crippen LogP contribution in [0.3, 0.4) is 0 Å². The molecular formula is C25H23F3IN7O2. The lowest BCUT2D eigenvalue weighted by Gasteiger charge is -2.26. The number of fused-ring (bicyclic) bond motifs is 1. The summed E-state index contributed by atoms with van der Waals surface area (Å²) in [6.45, 7) is 3.68. The summed E-state index contributed by atoms with van der Waals surface area (Å²) >= 11 is 2.09. The number of nitrogens with two attached hydrogens (primary N) is 1. The molecule has 9 nitrogen and oxygen atoms in total. The summed E-state index contributed by atoms with van der Waals surface area (Å²) in [7, 11) is 0. The molecule has 2 aromatic carbocycles. The zero-order valence-corrected chi connectivity index (χ0v) is 22.1. The molecule has 0 aliphatic carbocycles. The normalized spacial score (nSPS) is 14.5. The van der Waals surface area contributed by atoms with Gasteiger partial charge in [0, 0.05) is 34.5 Å². The van der Waals surface area contributed by atoms with E-state index in [9.17, 15) is 18.0 Å². The summed E-state index contributed by atoms with van der Waals surface area (Å²) in [5, 5.41) is 9.56. The van der Waals surface area contributed by atoms with E-state index in [4.69, 9.17) is 10.5 Å². The van der Waals surface area contributed by atoms with Crippen molar-refractivity contribution in [1.82, 2.24) is 19.5 Å². The Morgan fingerprint density at radius 1 is 1.11 bits per heavy atom. The standard InChI is InChI=1S/C25H23F3IN7O2/c26-25(27,28)16-2-1-3-17(11-16)33-24(37)34-21-5-4-15(10-20(21)29)19-12-18(13-35-6-8-38-9-7-35)36-22(19)23(30)31-14-32-36/h1-5,10-12,14H,6-9,13H2,(H2,30,31,32)(H2,33,34,37). The minimum absolute atomic E-state index is 0.0347. The number of hydrogen-bond donors (Lipinski definition) is 3. The summed E-state index contributed by atoms with van der Waals surface area (Å²) < 4.78 is 46.9. The third-order valence-electron chi connectivity index (χ3n) is 6.12. The highest BCUT2D eigenvalue weighted by Gasteiger charge is 2.30. The van der Waals surface area contributed by atoms with Crippen molar-refractivity contribution >= 4 is 51.3 Å². The fraction of sp³-hybridized carbons (Fsp3) is 0.240. The van der Waals surface area contributed by atoms with Crippen LogP contribution in [0, 0.1) is 3.57 Å². The molecule has 0 bridgehead atoms. The second kappa shape index (κ2) is 10.7. The van der Waals surface area contributed by atoms with Gasteiger partial charge in [-0.15, -0.1) is 0 Å². The van der Waals surface area contributed by atoms with Gasteiger partial charge in [-0.1, -0.05) is 12.1 Å². The SMILES string of the molecule is Nc1ncnn2c(CN3CCOCC3)cc(-c3ccc(NC(=O)Nc4cccc(C(F)(F)F)c4)c(I)c3)c12. The number of hydrogen-bond acceptors (Lipinski definition) is 6. The maximum atomic E-state index is 13.0. The first-order valence-electron chi connectivity index (χ1n) is 11.7. The Kier molecular flexibility index (Phi) is 7.40. The number of halogens is 4. The number of benzene rings is 2. The molecule has 0 saturated carbocycles. The number of morpholine rings is 1. The summed E-state index contributed by atoms with van der Waals surface area (Å²) in [6, 6.07) is 11.3.